The lowest BCUT2D eigenvalue weighted by atomic mass is 10.2. The highest BCUT2D eigenvalue weighted by Crippen LogP contribution is 1.91. The van der Waals surface area contributed by atoms with Crippen LogP contribution in [-0.2, 0) is 0 Å². The molecule has 0 aliphatic rings. The molecule has 0 aliphatic carbocycles. The van der Waals surface area contributed by atoms with Gasteiger partial charge in [-0.05, 0) is 25.7 Å². The van der Waals surface area contributed by atoms with Gasteiger partial charge in [-0.2, -0.15) is 0 Å². The van der Waals surface area contributed by atoms with E-state index >= 15 is 0 Å². The second-order valence-electron chi connectivity index (χ2n) is 5.12. The van der Waals surface area contributed by atoms with Gasteiger partial charge in [0.2, 0.25) is 0 Å². The predicted octanol–water partition coefficient (Wildman–Crippen LogP) is 5.20. The Morgan fingerprint density at radius 3 is 1.27 bits per heavy atom. The van der Waals surface area contributed by atoms with E-state index in [0.29, 0.717) is 5.92 Å². The summed E-state index contributed by atoms with van der Waals surface area (Å²) in [4.78, 5) is 4.24. The molecule has 0 bridgehead atoms. The van der Waals surface area contributed by atoms with E-state index in [-0.39, 0.29) is 0 Å². The Hall–Kier alpha value is -0.330. The lowest BCUT2D eigenvalue weighted by Gasteiger charge is -1.96. The monoisotopic (exact) mass is 215 g/mol. The van der Waals surface area contributed by atoms with E-state index < -0.39 is 0 Å². The van der Waals surface area contributed by atoms with Crippen LogP contribution in [0.4, 0.5) is 0 Å². The average molecular weight is 215 g/mol. The summed E-state index contributed by atoms with van der Waals surface area (Å²) in [6.07, 6.45) is 1.25. The van der Waals surface area contributed by atoms with E-state index in [9.17, 15) is 0 Å². The lowest BCUT2D eigenvalue weighted by Crippen LogP contribution is -1.94. The van der Waals surface area contributed by atoms with E-state index in [2.05, 4.69) is 53.5 Å². The fourth-order valence-corrected chi connectivity index (χ4v) is 0.365. The van der Waals surface area contributed by atoms with Crippen LogP contribution in [0.2, 0.25) is 0 Å². The van der Waals surface area contributed by atoms with Crippen LogP contribution < -0.4 is 0 Å². The fourth-order valence-electron chi connectivity index (χ4n) is 0.365. The van der Waals surface area contributed by atoms with Crippen molar-refractivity contribution in [2.75, 3.05) is 6.54 Å². The number of hydrogen-bond donors (Lipinski definition) is 0. The van der Waals surface area contributed by atoms with Crippen LogP contribution in [-0.4, -0.2) is 12.3 Å². The van der Waals surface area contributed by atoms with Crippen LogP contribution in [0.3, 0.4) is 0 Å². The second kappa shape index (κ2) is 16.1. The summed E-state index contributed by atoms with van der Waals surface area (Å²) in [6.45, 7) is 20.1. The molecule has 0 atom stereocenters. The molecule has 0 fully saturated rings. The molecular formula is C14H33N. The smallest absolute Gasteiger partial charge is 0.0411 e. The van der Waals surface area contributed by atoms with Gasteiger partial charge >= 0.3 is 0 Å². The molecule has 0 N–H and O–H groups in total. The van der Waals surface area contributed by atoms with Crippen molar-refractivity contribution in [1.29, 1.82) is 0 Å². The first-order valence-electron chi connectivity index (χ1n) is 6.25. The van der Waals surface area contributed by atoms with Crippen LogP contribution in [0.25, 0.3) is 0 Å². The standard InChI is InChI=1S/C7H15N.C4H10.C3H8/c1-6(2)5-8-7(3)4;1-4(2)3;1-3-2/h6H,5H2,1-4H3;4H,1-3H3;3H2,1-2H3. The molecule has 1 heteroatoms. The van der Waals surface area contributed by atoms with Crippen molar-refractivity contribution in [2.45, 2.75) is 68.7 Å². The summed E-state index contributed by atoms with van der Waals surface area (Å²) in [7, 11) is 0. The molecule has 15 heavy (non-hydrogen) atoms. The normalized spacial score (nSPS) is 8.73. The minimum atomic E-state index is 0.699. The van der Waals surface area contributed by atoms with Crippen molar-refractivity contribution < 1.29 is 0 Å². The van der Waals surface area contributed by atoms with Gasteiger partial charge in [0.1, 0.15) is 0 Å². The quantitative estimate of drug-likeness (QED) is 0.561. The Morgan fingerprint density at radius 2 is 1.20 bits per heavy atom. The third kappa shape index (κ3) is 85.4. The van der Waals surface area contributed by atoms with Gasteiger partial charge in [0.25, 0.3) is 0 Å². The van der Waals surface area contributed by atoms with Crippen molar-refractivity contribution in [1.82, 2.24) is 0 Å². The van der Waals surface area contributed by atoms with Crippen LogP contribution >= 0.6 is 0 Å². The third-order valence-electron chi connectivity index (χ3n) is 0.773. The van der Waals surface area contributed by atoms with E-state index in [1.165, 1.54) is 12.1 Å². The Morgan fingerprint density at radius 1 is 0.933 bits per heavy atom. The van der Waals surface area contributed by atoms with Gasteiger partial charge < -0.3 is 0 Å². The molecule has 0 aromatic carbocycles. The van der Waals surface area contributed by atoms with Crippen molar-refractivity contribution in [3.05, 3.63) is 0 Å². The first kappa shape index (κ1) is 20.1. The lowest BCUT2D eigenvalue weighted by molar-refractivity contribution is 0.665. The summed E-state index contributed by atoms with van der Waals surface area (Å²) in [6, 6.07) is 0. The summed E-state index contributed by atoms with van der Waals surface area (Å²) >= 11 is 0. The Labute approximate surface area is 98.4 Å². The molecule has 0 radical (unpaired) electrons. The Balaban J connectivity index is -0.000000173. The average Bonchev–Trinajstić information content (AvgIpc) is 2.01. The predicted molar refractivity (Wildman–Crippen MR) is 75.0 cm³/mol. The third-order valence-corrected chi connectivity index (χ3v) is 0.773. The number of nitrogens with zero attached hydrogens (tertiary/aromatic N) is 1. The van der Waals surface area contributed by atoms with E-state index in [1.54, 1.807) is 0 Å². The Bertz CT molecular complexity index is 117. The number of hydrogen-bond acceptors (Lipinski definition) is 1. The largest absolute Gasteiger partial charge is 0.294 e. The van der Waals surface area contributed by atoms with Crippen LogP contribution in [0, 0.1) is 11.8 Å². The Kier molecular flexibility index (Phi) is 21.6. The van der Waals surface area contributed by atoms with Gasteiger partial charge in [-0.15, -0.1) is 0 Å². The zero-order valence-electron chi connectivity index (χ0n) is 12.5. The maximum Gasteiger partial charge on any atom is 0.0411 e. The van der Waals surface area contributed by atoms with Gasteiger partial charge in [0, 0.05) is 12.3 Å². The maximum atomic E-state index is 4.24. The zero-order valence-corrected chi connectivity index (χ0v) is 12.5. The summed E-state index contributed by atoms with van der Waals surface area (Å²) in [5.74, 6) is 1.53. The molecule has 0 aromatic heterocycles. The molecule has 0 spiro atoms. The molecule has 1 nitrogen and oxygen atoms in total. The van der Waals surface area contributed by atoms with Crippen molar-refractivity contribution in [3.63, 3.8) is 0 Å². The van der Waals surface area contributed by atoms with Gasteiger partial charge in [-0.25, -0.2) is 0 Å². The van der Waals surface area contributed by atoms with E-state index in [1.807, 2.05) is 13.8 Å². The van der Waals surface area contributed by atoms with Gasteiger partial charge in [-0.1, -0.05) is 54.9 Å². The highest BCUT2D eigenvalue weighted by atomic mass is 14.7. The van der Waals surface area contributed by atoms with Gasteiger partial charge in [0.05, 0.1) is 0 Å². The second-order valence-corrected chi connectivity index (χ2v) is 5.12. The molecule has 0 aliphatic heterocycles. The number of aliphatic imine (C=N–C) groups is 1. The molecular weight excluding hydrogens is 182 g/mol. The van der Waals surface area contributed by atoms with Gasteiger partial charge in [-0.3, -0.25) is 4.99 Å². The SMILES string of the molecule is CC(C)=NCC(C)C.CC(C)C.CCC. The molecule has 0 rings (SSSR count). The van der Waals surface area contributed by atoms with Gasteiger partial charge in [0.15, 0.2) is 0 Å². The van der Waals surface area contributed by atoms with Crippen LogP contribution in [0.15, 0.2) is 4.99 Å². The maximum absolute atomic E-state index is 4.24. The zero-order chi connectivity index (χ0) is 12.9. The minimum Gasteiger partial charge on any atom is -0.294 e. The molecule has 0 aromatic rings. The topological polar surface area (TPSA) is 12.4 Å². The van der Waals surface area contributed by atoms with Crippen molar-refractivity contribution >= 4 is 5.71 Å². The highest BCUT2D eigenvalue weighted by molar-refractivity contribution is 5.79. The minimum absolute atomic E-state index is 0.699. The highest BCUT2D eigenvalue weighted by Gasteiger charge is 1.87. The molecule has 0 unspecified atom stereocenters. The molecule has 0 heterocycles. The molecule has 0 amide bonds. The summed E-state index contributed by atoms with van der Waals surface area (Å²) in [5.41, 5.74) is 1.18. The van der Waals surface area contributed by atoms with E-state index in [0.717, 1.165) is 12.5 Å². The summed E-state index contributed by atoms with van der Waals surface area (Å²) in [5, 5.41) is 0. The first-order chi connectivity index (χ1) is 6.77. The molecule has 94 valence electrons. The summed E-state index contributed by atoms with van der Waals surface area (Å²) < 4.78 is 0. The van der Waals surface area contributed by atoms with Crippen molar-refractivity contribution in [3.8, 4) is 0 Å². The molecule has 0 saturated heterocycles. The van der Waals surface area contributed by atoms with Crippen LogP contribution in [0.1, 0.15) is 68.7 Å². The number of rotatable bonds is 2. The molecule has 0 saturated carbocycles. The van der Waals surface area contributed by atoms with E-state index in [4.69, 9.17) is 0 Å². The first-order valence-corrected chi connectivity index (χ1v) is 6.25. The van der Waals surface area contributed by atoms with Crippen molar-refractivity contribution in [2.24, 2.45) is 16.8 Å². The fraction of sp³-hybridized carbons (Fsp3) is 0.929. The van der Waals surface area contributed by atoms with Crippen LogP contribution in [0.5, 0.6) is 0 Å².